The molecule has 0 aliphatic carbocycles. The van der Waals surface area contributed by atoms with E-state index in [1.807, 2.05) is 31.9 Å². The van der Waals surface area contributed by atoms with Gasteiger partial charge in [0.2, 0.25) is 5.91 Å². The minimum Gasteiger partial charge on any atom is -0.379 e. The number of carbonyl (C=O) groups excluding carboxylic acids is 1. The zero-order chi connectivity index (χ0) is 26.2. The Morgan fingerprint density at radius 1 is 1.08 bits per heavy atom. The number of piperidine rings is 1. The molecule has 8 nitrogen and oxygen atoms in total. The summed E-state index contributed by atoms with van der Waals surface area (Å²) >= 11 is 3.69. The molecule has 4 heterocycles. The Balaban J connectivity index is 1.28. The average molecular weight is 569 g/mol. The van der Waals surface area contributed by atoms with E-state index in [-0.39, 0.29) is 11.3 Å². The predicted octanol–water partition coefficient (Wildman–Crippen LogP) is 4.98. The first-order valence-electron chi connectivity index (χ1n) is 13.4. The molecule has 198 valence electrons. The first kappa shape index (κ1) is 26.0. The van der Waals surface area contributed by atoms with Crippen LogP contribution in [0.3, 0.4) is 0 Å². The number of fused-ring (bicyclic) bond motifs is 1. The van der Waals surface area contributed by atoms with Crippen molar-refractivity contribution in [2.45, 2.75) is 46.6 Å². The van der Waals surface area contributed by atoms with Crippen molar-refractivity contribution in [1.29, 1.82) is 0 Å². The molecule has 1 aromatic carbocycles. The molecule has 1 amide bonds. The Kier molecular flexibility index (Phi) is 7.45. The highest BCUT2D eigenvalue weighted by Gasteiger charge is 2.29. The number of halogens is 1. The molecule has 2 fully saturated rings. The zero-order valence-electron chi connectivity index (χ0n) is 22.4. The molecule has 0 bridgehead atoms. The number of piperazine rings is 1. The maximum Gasteiger partial charge on any atom is 0.228 e. The van der Waals surface area contributed by atoms with Crippen LogP contribution in [0.1, 0.15) is 40.5 Å². The van der Waals surface area contributed by atoms with Crippen molar-refractivity contribution >= 4 is 44.4 Å². The molecule has 0 spiro atoms. The van der Waals surface area contributed by atoms with Crippen molar-refractivity contribution < 1.29 is 4.79 Å². The van der Waals surface area contributed by atoms with Crippen molar-refractivity contribution in [3.05, 3.63) is 34.9 Å². The highest BCUT2D eigenvalue weighted by molar-refractivity contribution is 9.10. The molecule has 2 aliphatic rings. The third kappa shape index (κ3) is 5.62. The number of rotatable bonds is 5. The van der Waals surface area contributed by atoms with Crippen LogP contribution in [0.4, 0.5) is 11.4 Å². The Morgan fingerprint density at radius 2 is 1.76 bits per heavy atom. The van der Waals surface area contributed by atoms with Crippen LogP contribution < -0.4 is 10.2 Å². The largest absolute Gasteiger partial charge is 0.379 e. The number of likely N-dealkylation sites (tertiary alicyclic amines) is 1. The van der Waals surface area contributed by atoms with Gasteiger partial charge in [0.1, 0.15) is 11.3 Å². The molecular formula is C28H38BrN7O. The second-order valence-electron chi connectivity index (χ2n) is 11.2. The lowest BCUT2D eigenvalue weighted by Gasteiger charge is -2.38. The number of carbonyl (C=O) groups is 1. The average Bonchev–Trinajstić information content (AvgIpc) is 3.35. The standard InChI is InChI=1S/C28H38BrN7O/c1-5-34-12-10-20(11-13-34)31-23-22(29)18-30-26-24(23)32-25(33-26)19-6-8-21(9-7-19)35-14-16-36(17-15-35)27(37)28(2,3)4/h6-9,18,20H,5,10-17H2,1-4H3,(H2,30,31,32,33). The van der Waals surface area contributed by atoms with Crippen molar-refractivity contribution in [1.82, 2.24) is 24.8 Å². The number of H-pyrrole nitrogens is 1. The molecule has 0 atom stereocenters. The number of aromatic amines is 1. The second-order valence-corrected chi connectivity index (χ2v) is 12.0. The summed E-state index contributed by atoms with van der Waals surface area (Å²) in [6.45, 7) is 14.8. The van der Waals surface area contributed by atoms with E-state index in [0.717, 1.165) is 91.4 Å². The van der Waals surface area contributed by atoms with Crippen LogP contribution in [0, 0.1) is 5.41 Å². The van der Waals surface area contributed by atoms with Gasteiger partial charge in [-0.2, -0.15) is 0 Å². The fourth-order valence-electron chi connectivity index (χ4n) is 5.27. The van der Waals surface area contributed by atoms with Gasteiger partial charge in [0.25, 0.3) is 0 Å². The number of nitrogens with one attached hydrogen (secondary N) is 2. The van der Waals surface area contributed by atoms with Crippen LogP contribution in [0.5, 0.6) is 0 Å². The first-order chi connectivity index (χ1) is 17.7. The minimum absolute atomic E-state index is 0.230. The first-order valence-corrected chi connectivity index (χ1v) is 14.2. The lowest BCUT2D eigenvalue weighted by molar-refractivity contribution is -0.139. The summed E-state index contributed by atoms with van der Waals surface area (Å²) in [5, 5.41) is 3.74. The van der Waals surface area contributed by atoms with Crippen LogP contribution in [0.25, 0.3) is 22.6 Å². The highest BCUT2D eigenvalue weighted by Crippen LogP contribution is 2.33. The quantitative estimate of drug-likeness (QED) is 0.452. The fourth-order valence-corrected chi connectivity index (χ4v) is 5.68. The van der Waals surface area contributed by atoms with Crippen molar-refractivity contribution in [3.63, 3.8) is 0 Å². The third-order valence-electron chi connectivity index (χ3n) is 7.56. The Morgan fingerprint density at radius 3 is 2.38 bits per heavy atom. The van der Waals surface area contributed by atoms with Gasteiger partial charge in [-0.15, -0.1) is 0 Å². The van der Waals surface area contributed by atoms with Crippen LogP contribution >= 0.6 is 15.9 Å². The fraction of sp³-hybridized carbons (Fsp3) is 0.536. The van der Waals surface area contributed by atoms with Crippen LogP contribution in [0.2, 0.25) is 0 Å². The predicted molar refractivity (Wildman–Crippen MR) is 154 cm³/mol. The summed E-state index contributed by atoms with van der Waals surface area (Å²) in [6.07, 6.45) is 4.10. The maximum atomic E-state index is 12.6. The topological polar surface area (TPSA) is 80.4 Å². The van der Waals surface area contributed by atoms with E-state index in [0.29, 0.717) is 6.04 Å². The molecule has 37 heavy (non-hydrogen) atoms. The number of hydrogen-bond acceptors (Lipinski definition) is 6. The number of amides is 1. The smallest absolute Gasteiger partial charge is 0.228 e. The lowest BCUT2D eigenvalue weighted by Crippen LogP contribution is -2.51. The van der Waals surface area contributed by atoms with E-state index in [4.69, 9.17) is 4.98 Å². The SMILES string of the molecule is CCN1CCC(Nc2c(Br)cnc3[nH]c(-c4ccc(N5CCN(C(=O)C(C)(C)C)CC5)cc4)nc23)CC1. The monoisotopic (exact) mass is 567 g/mol. The van der Waals surface area contributed by atoms with E-state index in [2.05, 4.69) is 72.2 Å². The number of anilines is 2. The molecule has 5 rings (SSSR count). The Hall–Kier alpha value is -2.65. The number of imidazole rings is 1. The molecule has 2 saturated heterocycles. The molecule has 2 aromatic heterocycles. The molecule has 3 aromatic rings. The van der Waals surface area contributed by atoms with E-state index in [1.165, 1.54) is 5.69 Å². The molecule has 0 unspecified atom stereocenters. The molecule has 2 N–H and O–H groups in total. The van der Waals surface area contributed by atoms with Gasteiger partial charge < -0.3 is 25.0 Å². The van der Waals surface area contributed by atoms with E-state index in [1.54, 1.807) is 0 Å². The molecule has 0 saturated carbocycles. The highest BCUT2D eigenvalue weighted by atomic mass is 79.9. The summed E-state index contributed by atoms with van der Waals surface area (Å²) in [5.41, 5.74) is 4.54. The normalized spacial score (nSPS) is 18.0. The second kappa shape index (κ2) is 10.6. The van der Waals surface area contributed by atoms with Gasteiger partial charge in [-0.3, -0.25) is 4.79 Å². The van der Waals surface area contributed by atoms with Gasteiger partial charge in [0, 0.05) is 68.2 Å². The van der Waals surface area contributed by atoms with Crippen molar-refractivity contribution in [3.8, 4) is 11.4 Å². The van der Waals surface area contributed by atoms with Gasteiger partial charge in [-0.1, -0.05) is 27.7 Å². The summed E-state index contributed by atoms with van der Waals surface area (Å²) < 4.78 is 0.940. The van der Waals surface area contributed by atoms with Gasteiger partial charge in [0.15, 0.2) is 5.65 Å². The van der Waals surface area contributed by atoms with Crippen LogP contribution in [-0.2, 0) is 4.79 Å². The lowest BCUT2D eigenvalue weighted by atomic mass is 9.94. The zero-order valence-corrected chi connectivity index (χ0v) is 23.9. The van der Waals surface area contributed by atoms with E-state index in [9.17, 15) is 4.79 Å². The number of benzene rings is 1. The number of nitrogens with zero attached hydrogens (tertiary/aromatic N) is 5. The van der Waals surface area contributed by atoms with E-state index < -0.39 is 0 Å². The van der Waals surface area contributed by atoms with Crippen LogP contribution in [0.15, 0.2) is 34.9 Å². The van der Waals surface area contributed by atoms with Crippen LogP contribution in [-0.4, -0.2) is 82.5 Å². The van der Waals surface area contributed by atoms with Crippen molar-refractivity contribution in [2.24, 2.45) is 5.41 Å². The van der Waals surface area contributed by atoms with Crippen molar-refractivity contribution in [2.75, 3.05) is 56.0 Å². The number of aromatic nitrogens is 3. The third-order valence-corrected chi connectivity index (χ3v) is 8.17. The van der Waals surface area contributed by atoms with Gasteiger partial charge in [-0.05, 0) is 59.6 Å². The van der Waals surface area contributed by atoms with Gasteiger partial charge in [0.05, 0.1) is 10.2 Å². The minimum atomic E-state index is -0.330. The van der Waals surface area contributed by atoms with Gasteiger partial charge in [-0.25, -0.2) is 9.97 Å². The number of hydrogen-bond donors (Lipinski definition) is 2. The summed E-state index contributed by atoms with van der Waals surface area (Å²) in [5.74, 6) is 1.05. The molecule has 0 radical (unpaired) electrons. The summed E-state index contributed by atoms with van der Waals surface area (Å²) in [6, 6.07) is 8.95. The van der Waals surface area contributed by atoms with E-state index >= 15 is 0 Å². The summed E-state index contributed by atoms with van der Waals surface area (Å²) in [7, 11) is 0. The number of pyridine rings is 1. The molecule has 2 aliphatic heterocycles. The van der Waals surface area contributed by atoms with Gasteiger partial charge >= 0.3 is 0 Å². The Bertz CT molecular complexity index is 1230. The maximum absolute atomic E-state index is 12.6. The molecule has 9 heteroatoms. The molecular weight excluding hydrogens is 530 g/mol. The Labute approximate surface area is 228 Å². The summed E-state index contributed by atoms with van der Waals surface area (Å²) in [4.78, 5) is 32.4.